The Labute approximate surface area is 643 Å². The topological polar surface area (TPSA) is 103 Å². The summed E-state index contributed by atoms with van der Waals surface area (Å²) in [6, 6.07) is 132. The standard InChI is InChI=1S/C100H62N8S2/c1-7-20-63(21-8-1)65-34-40-72(41-35-65)90-60-86(69-26-13-4-14-27-69)103-99(106-90)79-47-51-82-84-56-78(49-53-94(84)110-96(82)57-79)98-102-85(68-24-11-3-12-25-68)59-89(105-98)73-42-36-67(37-43-73)75-32-19-33-76(54-75)91-61-88(71-30-17-6-18-31-71)104-100(108-91)80-46-50-81-83-55-77(48-52-93(83)109-95(81)58-80)92-62-87(70-28-15-5-16-29-70)101-97(107-92)74-44-38-66(39-45-74)64-22-9-2-10-23-64/h1-62H. The van der Waals surface area contributed by atoms with Gasteiger partial charge in [-0.25, -0.2) is 39.9 Å². The van der Waals surface area contributed by atoms with Crippen LogP contribution in [0.1, 0.15) is 0 Å². The first kappa shape index (κ1) is 65.4. The van der Waals surface area contributed by atoms with Gasteiger partial charge in [-0.05, 0) is 106 Å². The van der Waals surface area contributed by atoms with Crippen LogP contribution in [-0.4, -0.2) is 39.9 Å². The van der Waals surface area contributed by atoms with Crippen molar-refractivity contribution in [2.24, 2.45) is 0 Å². The molecular weight excluding hydrogens is 1380 g/mol. The molecule has 0 atom stereocenters. The molecular formula is C100H62N8S2. The lowest BCUT2D eigenvalue weighted by Gasteiger charge is -2.12. The van der Waals surface area contributed by atoms with E-state index < -0.39 is 0 Å². The molecule has 0 bridgehead atoms. The van der Waals surface area contributed by atoms with E-state index in [2.05, 4.69) is 340 Å². The smallest absolute Gasteiger partial charge is 0.160 e. The molecule has 0 spiro atoms. The minimum absolute atomic E-state index is 0.650. The molecule has 0 fully saturated rings. The van der Waals surface area contributed by atoms with Crippen molar-refractivity contribution in [2.45, 2.75) is 0 Å². The monoisotopic (exact) mass is 1440 g/mol. The van der Waals surface area contributed by atoms with Crippen molar-refractivity contribution in [1.82, 2.24) is 39.9 Å². The summed E-state index contributed by atoms with van der Waals surface area (Å²) in [5.41, 5.74) is 25.5. The van der Waals surface area contributed by atoms with Crippen LogP contribution >= 0.6 is 22.7 Å². The highest BCUT2D eigenvalue weighted by Gasteiger charge is 2.20. The maximum absolute atomic E-state index is 5.39. The summed E-state index contributed by atoms with van der Waals surface area (Å²) in [4.78, 5) is 42.2. The molecule has 0 N–H and O–H groups in total. The molecule has 0 aliphatic heterocycles. The molecule has 0 unspecified atom stereocenters. The fourth-order valence-electron chi connectivity index (χ4n) is 14.7. The Balaban J connectivity index is 0.599. The maximum atomic E-state index is 5.39. The average molecular weight is 1440 g/mol. The van der Waals surface area contributed by atoms with Gasteiger partial charge in [0.15, 0.2) is 23.3 Å². The molecule has 110 heavy (non-hydrogen) atoms. The molecule has 6 aromatic heterocycles. The van der Waals surface area contributed by atoms with Crippen LogP contribution in [0.4, 0.5) is 0 Å². The van der Waals surface area contributed by atoms with Crippen LogP contribution in [0.2, 0.25) is 0 Å². The summed E-state index contributed by atoms with van der Waals surface area (Å²) in [5.74, 6) is 2.65. The molecule has 0 saturated heterocycles. The van der Waals surface area contributed by atoms with Crippen molar-refractivity contribution in [3.05, 3.63) is 376 Å². The van der Waals surface area contributed by atoms with Gasteiger partial charge in [0, 0.05) is 107 Å². The van der Waals surface area contributed by atoms with Crippen LogP contribution in [0, 0.1) is 0 Å². The van der Waals surface area contributed by atoms with E-state index in [0.717, 1.165) is 166 Å². The number of aromatic nitrogens is 8. The average Bonchev–Trinajstić information content (AvgIpc) is 1.57. The van der Waals surface area contributed by atoms with Crippen molar-refractivity contribution < 1.29 is 0 Å². The number of rotatable bonds is 15. The van der Waals surface area contributed by atoms with Gasteiger partial charge in [-0.2, -0.15) is 0 Å². The van der Waals surface area contributed by atoms with Crippen LogP contribution < -0.4 is 0 Å². The molecule has 0 radical (unpaired) electrons. The second-order valence-corrected chi connectivity index (χ2v) is 29.6. The normalized spacial score (nSPS) is 11.5. The Morgan fingerprint density at radius 3 is 0.727 bits per heavy atom. The molecule has 0 aliphatic carbocycles. The van der Waals surface area contributed by atoms with Crippen LogP contribution in [-0.2, 0) is 0 Å². The van der Waals surface area contributed by atoms with Gasteiger partial charge in [0.1, 0.15) is 0 Å². The predicted molar refractivity (Wildman–Crippen MR) is 456 cm³/mol. The number of fused-ring (bicyclic) bond motifs is 6. The van der Waals surface area contributed by atoms with Crippen molar-refractivity contribution in [3.63, 3.8) is 0 Å². The third-order valence-corrected chi connectivity index (χ3v) is 22.7. The SMILES string of the molecule is c1ccc(-c2ccc(-c3cc(-c4ccccc4)nc(-c4ccc5c(c4)sc4ccc(-c6nc(-c7ccccc7)cc(-c7ccc(-c8cccc(-c9cc(-c%10ccccc%10)nc(-c%10ccc%11c(c%10)sc%10ccc(-c%12cc(-c%13ccccc%13)nc(-c%13ccc(-c%14ccccc%14)cc%13)n%12)cc%10%11)n9)c8)cc7)n6)cc45)n3)cc2)cc1. The molecule has 0 aliphatic rings. The van der Waals surface area contributed by atoms with E-state index in [9.17, 15) is 0 Å². The van der Waals surface area contributed by atoms with E-state index in [-0.39, 0.29) is 0 Å². The van der Waals surface area contributed by atoms with E-state index in [1.807, 2.05) is 36.4 Å². The van der Waals surface area contributed by atoms with Crippen LogP contribution in [0.25, 0.3) is 209 Å². The maximum Gasteiger partial charge on any atom is 0.160 e. The molecule has 0 amide bonds. The van der Waals surface area contributed by atoms with E-state index >= 15 is 0 Å². The largest absolute Gasteiger partial charge is 0.228 e. The van der Waals surface area contributed by atoms with Gasteiger partial charge in [-0.1, -0.05) is 303 Å². The Morgan fingerprint density at radius 1 is 0.127 bits per heavy atom. The van der Waals surface area contributed by atoms with E-state index in [0.29, 0.717) is 23.3 Å². The summed E-state index contributed by atoms with van der Waals surface area (Å²) in [6.07, 6.45) is 0. The van der Waals surface area contributed by atoms with Crippen LogP contribution in [0.5, 0.6) is 0 Å². The van der Waals surface area contributed by atoms with E-state index in [4.69, 9.17) is 39.9 Å². The zero-order chi connectivity index (χ0) is 72.9. The first-order valence-corrected chi connectivity index (χ1v) is 38.3. The molecule has 14 aromatic carbocycles. The van der Waals surface area contributed by atoms with Gasteiger partial charge in [0.2, 0.25) is 0 Å². The van der Waals surface area contributed by atoms with Crippen LogP contribution in [0.15, 0.2) is 376 Å². The lowest BCUT2D eigenvalue weighted by atomic mass is 9.98. The zero-order valence-electron chi connectivity index (χ0n) is 59.2. The highest BCUT2D eigenvalue weighted by molar-refractivity contribution is 7.26. The predicted octanol–water partition coefficient (Wildman–Crippen LogP) is 26.6. The molecule has 20 rings (SSSR count). The second-order valence-electron chi connectivity index (χ2n) is 27.4. The molecule has 6 heterocycles. The highest BCUT2D eigenvalue weighted by Crippen LogP contribution is 2.43. The Morgan fingerprint density at radius 2 is 0.355 bits per heavy atom. The minimum atomic E-state index is 0.650. The van der Waals surface area contributed by atoms with E-state index in [1.165, 1.54) is 20.5 Å². The first-order chi connectivity index (χ1) is 54.4. The highest BCUT2D eigenvalue weighted by atomic mass is 32.1. The molecule has 20 aromatic rings. The van der Waals surface area contributed by atoms with Gasteiger partial charge in [0.05, 0.1) is 45.6 Å². The quantitative estimate of drug-likeness (QED) is 0.1000. The second kappa shape index (κ2) is 28.3. The number of nitrogens with zero attached hydrogens (tertiary/aromatic N) is 8. The van der Waals surface area contributed by atoms with Crippen molar-refractivity contribution >= 4 is 63.0 Å². The zero-order valence-corrected chi connectivity index (χ0v) is 60.8. The van der Waals surface area contributed by atoms with Gasteiger partial charge < -0.3 is 0 Å². The van der Waals surface area contributed by atoms with Crippen LogP contribution in [0.3, 0.4) is 0 Å². The molecule has 10 heteroatoms. The van der Waals surface area contributed by atoms with Gasteiger partial charge >= 0.3 is 0 Å². The lowest BCUT2D eigenvalue weighted by molar-refractivity contribution is 1.18. The van der Waals surface area contributed by atoms with Gasteiger partial charge in [-0.3, -0.25) is 0 Å². The summed E-state index contributed by atoms with van der Waals surface area (Å²) in [7, 11) is 0. The van der Waals surface area contributed by atoms with Crippen molar-refractivity contribution in [3.8, 4) is 169 Å². The number of benzene rings is 14. The first-order valence-electron chi connectivity index (χ1n) is 36.7. The number of hydrogen-bond donors (Lipinski definition) is 0. The minimum Gasteiger partial charge on any atom is -0.228 e. The third-order valence-electron chi connectivity index (χ3n) is 20.4. The Bertz CT molecular complexity index is 6840. The fourth-order valence-corrected chi connectivity index (χ4v) is 16.9. The Hall–Kier alpha value is -14.2. The fraction of sp³-hybridized carbons (Fsp3) is 0. The summed E-state index contributed by atoms with van der Waals surface area (Å²) >= 11 is 3.54. The van der Waals surface area contributed by atoms with Crippen molar-refractivity contribution in [2.75, 3.05) is 0 Å². The lowest BCUT2D eigenvalue weighted by Crippen LogP contribution is -1.96. The molecule has 0 saturated carbocycles. The van der Waals surface area contributed by atoms with Gasteiger partial charge in [-0.15, -0.1) is 22.7 Å². The summed E-state index contributed by atoms with van der Waals surface area (Å²) < 4.78 is 4.65. The Kier molecular flexibility index (Phi) is 16.8. The molecule has 8 nitrogen and oxygen atoms in total. The van der Waals surface area contributed by atoms with E-state index in [1.54, 1.807) is 22.7 Å². The third kappa shape index (κ3) is 13.0. The van der Waals surface area contributed by atoms with Gasteiger partial charge in [0.25, 0.3) is 0 Å². The number of hydrogen-bond acceptors (Lipinski definition) is 10. The molecule has 514 valence electrons. The summed E-state index contributed by atoms with van der Waals surface area (Å²) in [5, 5.41) is 4.62. The van der Waals surface area contributed by atoms with Crippen molar-refractivity contribution in [1.29, 1.82) is 0 Å². The summed E-state index contributed by atoms with van der Waals surface area (Å²) in [6.45, 7) is 0. The number of thiophene rings is 2.